The van der Waals surface area contributed by atoms with Gasteiger partial charge in [0.2, 0.25) is 5.39 Å². The summed E-state index contributed by atoms with van der Waals surface area (Å²) in [5.41, 5.74) is 2.67. The lowest BCUT2D eigenvalue weighted by molar-refractivity contribution is 1.25. The second-order valence-electron chi connectivity index (χ2n) is 4.06. The van der Waals surface area contributed by atoms with Crippen LogP contribution in [-0.4, -0.2) is 0 Å². The molecule has 90 valence electrons. The average Bonchev–Trinajstić information content (AvgIpc) is 2.36. The SMILES string of the molecule is Cc1cc(Sc2ccc(Cl)cc2)c(C)cc1[N+]#N. The maximum atomic E-state index is 8.86. The summed E-state index contributed by atoms with van der Waals surface area (Å²) in [6.45, 7) is 3.94. The summed E-state index contributed by atoms with van der Waals surface area (Å²) in [5, 5.41) is 9.60. The number of benzene rings is 2. The fourth-order valence-electron chi connectivity index (χ4n) is 1.62. The van der Waals surface area contributed by atoms with Crippen molar-refractivity contribution in [2.45, 2.75) is 23.6 Å². The fraction of sp³-hybridized carbons (Fsp3) is 0.143. The van der Waals surface area contributed by atoms with Crippen LogP contribution in [0.5, 0.6) is 0 Å². The van der Waals surface area contributed by atoms with Gasteiger partial charge >= 0.3 is 5.69 Å². The second-order valence-corrected chi connectivity index (χ2v) is 5.61. The summed E-state index contributed by atoms with van der Waals surface area (Å²) in [6.07, 6.45) is 0. The minimum absolute atomic E-state index is 0.618. The van der Waals surface area contributed by atoms with Crippen LogP contribution in [0, 0.1) is 19.2 Å². The van der Waals surface area contributed by atoms with Gasteiger partial charge in [-0.25, -0.2) is 0 Å². The van der Waals surface area contributed by atoms with E-state index in [1.165, 1.54) is 0 Å². The Morgan fingerprint density at radius 3 is 2.33 bits per heavy atom. The molecule has 2 aromatic carbocycles. The first-order valence-corrected chi connectivity index (χ1v) is 6.69. The standard InChI is InChI=1S/C14H12ClN2S/c1-9-8-14(10(2)7-13(9)17-16)18-12-5-3-11(15)4-6-12/h3-8H,1-2H3/q+1. The summed E-state index contributed by atoms with van der Waals surface area (Å²) in [5.74, 6) is 0. The second kappa shape index (κ2) is 5.43. The molecule has 2 aromatic rings. The number of aryl methyl sites for hydroxylation is 2. The van der Waals surface area contributed by atoms with Gasteiger partial charge in [0, 0.05) is 26.4 Å². The third kappa shape index (κ3) is 2.84. The molecule has 0 unspecified atom stereocenters. The molecule has 0 heterocycles. The zero-order valence-electron chi connectivity index (χ0n) is 10.1. The van der Waals surface area contributed by atoms with Crippen LogP contribution in [0.4, 0.5) is 5.69 Å². The number of nitrogens with zero attached hydrogens (tertiary/aromatic N) is 2. The molecule has 0 saturated carbocycles. The highest BCUT2D eigenvalue weighted by molar-refractivity contribution is 7.99. The first-order chi connectivity index (χ1) is 8.60. The van der Waals surface area contributed by atoms with Crippen molar-refractivity contribution in [1.82, 2.24) is 0 Å². The molecule has 0 bridgehead atoms. The molecule has 2 nitrogen and oxygen atoms in total. The van der Waals surface area contributed by atoms with Crippen molar-refractivity contribution in [2.24, 2.45) is 0 Å². The molecule has 0 radical (unpaired) electrons. The van der Waals surface area contributed by atoms with E-state index < -0.39 is 0 Å². The highest BCUT2D eigenvalue weighted by atomic mass is 35.5. The van der Waals surface area contributed by atoms with Crippen LogP contribution in [0.2, 0.25) is 5.02 Å². The van der Waals surface area contributed by atoms with E-state index in [0.717, 1.165) is 25.9 Å². The van der Waals surface area contributed by atoms with Gasteiger partial charge in [0.15, 0.2) is 4.98 Å². The van der Waals surface area contributed by atoms with Crippen molar-refractivity contribution in [3.63, 3.8) is 0 Å². The Kier molecular flexibility index (Phi) is 3.90. The van der Waals surface area contributed by atoms with Crippen LogP contribution in [0.15, 0.2) is 46.2 Å². The zero-order valence-corrected chi connectivity index (χ0v) is 11.7. The summed E-state index contributed by atoms with van der Waals surface area (Å²) < 4.78 is 0. The minimum Gasteiger partial charge on any atom is -0.0898 e. The van der Waals surface area contributed by atoms with Gasteiger partial charge in [-0.1, -0.05) is 23.4 Å². The molecule has 18 heavy (non-hydrogen) atoms. The van der Waals surface area contributed by atoms with Gasteiger partial charge in [0.1, 0.15) is 0 Å². The number of hydrogen-bond acceptors (Lipinski definition) is 2. The summed E-state index contributed by atoms with van der Waals surface area (Å²) in [6, 6.07) is 11.7. The molecule has 0 aromatic heterocycles. The van der Waals surface area contributed by atoms with E-state index in [-0.39, 0.29) is 0 Å². The Hall–Kier alpha value is -1.50. The number of diazo groups is 1. The summed E-state index contributed by atoms with van der Waals surface area (Å²) in [4.78, 5) is 5.55. The molecule has 0 fully saturated rings. The first-order valence-electron chi connectivity index (χ1n) is 5.50. The van der Waals surface area contributed by atoms with Crippen LogP contribution >= 0.6 is 23.4 Å². The number of halogens is 1. The molecular formula is C14H12ClN2S+. The van der Waals surface area contributed by atoms with E-state index >= 15 is 0 Å². The van der Waals surface area contributed by atoms with Crippen LogP contribution in [0.3, 0.4) is 0 Å². The fourth-order valence-corrected chi connectivity index (χ4v) is 2.73. The molecule has 0 saturated heterocycles. The van der Waals surface area contributed by atoms with Crippen molar-refractivity contribution in [3.8, 4) is 0 Å². The maximum absolute atomic E-state index is 8.86. The molecule has 0 atom stereocenters. The first kappa shape index (κ1) is 12.9. The highest BCUT2D eigenvalue weighted by Gasteiger charge is 2.13. The lowest BCUT2D eigenvalue weighted by Crippen LogP contribution is -1.83. The topological polar surface area (TPSA) is 28.1 Å². The van der Waals surface area contributed by atoms with Gasteiger partial charge in [-0.05, 0) is 49.7 Å². The normalized spacial score (nSPS) is 10.1. The van der Waals surface area contributed by atoms with E-state index in [4.69, 9.17) is 17.0 Å². The van der Waals surface area contributed by atoms with E-state index in [1.807, 2.05) is 50.2 Å². The predicted molar refractivity (Wildman–Crippen MR) is 76.2 cm³/mol. The molecule has 0 aliphatic heterocycles. The minimum atomic E-state index is 0.618. The largest absolute Gasteiger partial charge is 0.388 e. The third-order valence-electron chi connectivity index (χ3n) is 2.64. The van der Waals surface area contributed by atoms with Crippen molar-refractivity contribution in [2.75, 3.05) is 0 Å². The van der Waals surface area contributed by atoms with E-state index in [1.54, 1.807) is 11.8 Å². The Balaban J connectivity index is 2.32. The van der Waals surface area contributed by atoms with Crippen LogP contribution in [0.25, 0.3) is 4.98 Å². The maximum Gasteiger partial charge on any atom is 0.388 e. The Morgan fingerprint density at radius 1 is 1.06 bits per heavy atom. The van der Waals surface area contributed by atoms with Crippen molar-refractivity contribution < 1.29 is 0 Å². The lowest BCUT2D eigenvalue weighted by Gasteiger charge is -2.05. The Bertz CT molecular complexity index is 615. The lowest BCUT2D eigenvalue weighted by atomic mass is 10.1. The number of rotatable bonds is 2. The molecule has 4 heteroatoms. The van der Waals surface area contributed by atoms with Crippen LogP contribution < -0.4 is 0 Å². The number of hydrogen-bond donors (Lipinski definition) is 0. The summed E-state index contributed by atoms with van der Waals surface area (Å²) in [7, 11) is 0. The van der Waals surface area contributed by atoms with E-state index in [9.17, 15) is 0 Å². The van der Waals surface area contributed by atoms with Gasteiger partial charge in [0.05, 0.1) is 0 Å². The monoisotopic (exact) mass is 275 g/mol. The van der Waals surface area contributed by atoms with E-state index in [2.05, 4.69) is 4.98 Å². The Morgan fingerprint density at radius 2 is 1.72 bits per heavy atom. The predicted octanol–water partition coefficient (Wildman–Crippen LogP) is 5.59. The van der Waals surface area contributed by atoms with Crippen LogP contribution in [0.1, 0.15) is 11.1 Å². The quantitative estimate of drug-likeness (QED) is 0.668. The van der Waals surface area contributed by atoms with Gasteiger partial charge < -0.3 is 0 Å². The van der Waals surface area contributed by atoms with Gasteiger partial charge in [-0.2, -0.15) is 0 Å². The van der Waals surface area contributed by atoms with Crippen molar-refractivity contribution >= 4 is 29.1 Å². The molecular weight excluding hydrogens is 264 g/mol. The molecule has 0 aliphatic rings. The zero-order chi connectivity index (χ0) is 13.1. The molecule has 0 spiro atoms. The third-order valence-corrected chi connectivity index (χ3v) is 4.06. The van der Waals surface area contributed by atoms with Gasteiger partial charge in [-0.15, -0.1) is 0 Å². The summed E-state index contributed by atoms with van der Waals surface area (Å²) >= 11 is 7.54. The van der Waals surface area contributed by atoms with Crippen molar-refractivity contribution in [3.05, 3.63) is 57.5 Å². The van der Waals surface area contributed by atoms with Crippen molar-refractivity contribution in [1.29, 1.82) is 5.39 Å². The average molecular weight is 276 g/mol. The van der Waals surface area contributed by atoms with Crippen LogP contribution in [-0.2, 0) is 0 Å². The molecule has 0 amide bonds. The van der Waals surface area contributed by atoms with Gasteiger partial charge in [-0.3, -0.25) is 0 Å². The molecule has 0 N–H and O–H groups in total. The Labute approximate surface area is 116 Å². The smallest absolute Gasteiger partial charge is 0.0898 e. The highest BCUT2D eigenvalue weighted by Crippen LogP contribution is 2.34. The van der Waals surface area contributed by atoms with E-state index in [0.29, 0.717) is 5.69 Å². The molecule has 0 aliphatic carbocycles. The van der Waals surface area contributed by atoms with Gasteiger partial charge in [0.25, 0.3) is 0 Å². The molecule has 2 rings (SSSR count).